The lowest BCUT2D eigenvalue weighted by Crippen LogP contribution is -2.10. The number of fused-ring (bicyclic) bond motifs is 1. The molecule has 3 aromatic carbocycles. The number of ether oxygens (including phenoxy) is 5. The topological polar surface area (TPSA) is 123 Å². The molecule has 0 fully saturated rings. The van der Waals surface area contributed by atoms with Gasteiger partial charge in [0.25, 0.3) is 5.69 Å². The minimum Gasteiger partial charge on any atom is -0.493 e. The second kappa shape index (κ2) is 9.79. The Morgan fingerprint density at radius 3 is 2.14 bits per heavy atom. The summed E-state index contributed by atoms with van der Waals surface area (Å²) in [5, 5.41) is 10.8. The third-order valence-electron chi connectivity index (χ3n) is 5.54. The number of Topliss-reactive ketones (excluding diaryl/α,β-unsaturated/α-hetero) is 1. The molecule has 0 saturated heterocycles. The van der Waals surface area contributed by atoms with Crippen molar-refractivity contribution in [2.75, 3.05) is 21.3 Å². The molecule has 4 rings (SSSR count). The molecule has 1 heterocycles. The Kier molecular flexibility index (Phi) is 6.60. The number of carbonyl (C=O) groups is 2. The van der Waals surface area contributed by atoms with E-state index in [4.69, 9.17) is 23.7 Å². The molecule has 36 heavy (non-hydrogen) atoms. The standard InChI is InChI=1S/C26H21NO9/c1-14-19(36-26(29)16-12-21(32-2)25(34-4)22(13-16)33-3)10-9-18-23(28)20(35-24(14)18)11-15-5-7-17(8-6-15)27(30)31/h5-13H,1-4H3/b20-11-. The first kappa shape index (κ1) is 24.3. The van der Waals surface area contributed by atoms with Crippen LogP contribution in [-0.4, -0.2) is 38.0 Å². The maximum absolute atomic E-state index is 12.9. The molecule has 184 valence electrons. The van der Waals surface area contributed by atoms with Crippen molar-refractivity contribution >= 4 is 23.5 Å². The first-order valence-corrected chi connectivity index (χ1v) is 10.6. The minimum absolute atomic E-state index is 0.0510. The number of nitro benzene ring substituents is 1. The number of rotatable bonds is 7. The van der Waals surface area contributed by atoms with E-state index in [0.29, 0.717) is 33.9 Å². The highest BCUT2D eigenvalue weighted by Gasteiger charge is 2.31. The van der Waals surface area contributed by atoms with Gasteiger partial charge in [0, 0.05) is 17.7 Å². The summed E-state index contributed by atoms with van der Waals surface area (Å²) in [5.74, 6) is 0.422. The van der Waals surface area contributed by atoms with E-state index in [2.05, 4.69) is 0 Å². The molecule has 3 aromatic rings. The number of non-ortho nitro benzene ring substituents is 1. The average molecular weight is 491 g/mol. The summed E-state index contributed by atoms with van der Waals surface area (Å²) in [6, 6.07) is 11.7. The van der Waals surface area contributed by atoms with Gasteiger partial charge < -0.3 is 23.7 Å². The number of ketones is 1. The van der Waals surface area contributed by atoms with E-state index in [1.54, 1.807) is 6.92 Å². The van der Waals surface area contributed by atoms with E-state index in [1.807, 2.05) is 0 Å². The summed E-state index contributed by atoms with van der Waals surface area (Å²) in [4.78, 5) is 36.1. The molecule has 0 saturated carbocycles. The van der Waals surface area contributed by atoms with E-state index >= 15 is 0 Å². The van der Waals surface area contributed by atoms with E-state index in [9.17, 15) is 19.7 Å². The maximum Gasteiger partial charge on any atom is 0.343 e. The van der Waals surface area contributed by atoms with Crippen LogP contribution < -0.4 is 23.7 Å². The summed E-state index contributed by atoms with van der Waals surface area (Å²) in [7, 11) is 4.33. The van der Waals surface area contributed by atoms with Gasteiger partial charge in [-0.2, -0.15) is 0 Å². The van der Waals surface area contributed by atoms with Crippen LogP contribution in [-0.2, 0) is 0 Å². The lowest BCUT2D eigenvalue weighted by atomic mass is 10.1. The molecule has 1 aliphatic heterocycles. The van der Waals surface area contributed by atoms with Crippen LogP contribution >= 0.6 is 0 Å². The zero-order chi connectivity index (χ0) is 26.0. The second-order valence-corrected chi connectivity index (χ2v) is 7.66. The van der Waals surface area contributed by atoms with Crippen LogP contribution in [0.4, 0.5) is 5.69 Å². The summed E-state index contributed by atoms with van der Waals surface area (Å²) in [5.41, 5.74) is 1.43. The fraction of sp³-hybridized carbons (Fsp3) is 0.154. The minimum atomic E-state index is -0.678. The summed E-state index contributed by atoms with van der Waals surface area (Å²) in [6.07, 6.45) is 1.49. The Labute approximate surface area is 205 Å². The second-order valence-electron chi connectivity index (χ2n) is 7.66. The van der Waals surface area contributed by atoms with Crippen molar-refractivity contribution in [3.05, 3.63) is 86.7 Å². The number of hydrogen-bond acceptors (Lipinski definition) is 9. The molecule has 0 aromatic heterocycles. The van der Waals surface area contributed by atoms with Crippen molar-refractivity contribution in [1.82, 2.24) is 0 Å². The largest absolute Gasteiger partial charge is 0.493 e. The van der Waals surface area contributed by atoms with Gasteiger partial charge >= 0.3 is 5.97 Å². The summed E-state index contributed by atoms with van der Waals surface area (Å²) >= 11 is 0. The van der Waals surface area contributed by atoms with Crippen molar-refractivity contribution in [2.24, 2.45) is 0 Å². The number of benzene rings is 3. The Morgan fingerprint density at radius 2 is 1.58 bits per heavy atom. The van der Waals surface area contributed by atoms with Crippen LogP contribution in [0.25, 0.3) is 6.08 Å². The zero-order valence-electron chi connectivity index (χ0n) is 19.8. The molecular formula is C26H21NO9. The smallest absolute Gasteiger partial charge is 0.343 e. The third kappa shape index (κ3) is 4.43. The lowest BCUT2D eigenvalue weighted by Gasteiger charge is -2.14. The van der Waals surface area contributed by atoms with E-state index in [-0.39, 0.29) is 34.3 Å². The predicted molar refractivity (Wildman–Crippen MR) is 128 cm³/mol. The van der Waals surface area contributed by atoms with Gasteiger partial charge in [0.1, 0.15) is 11.5 Å². The van der Waals surface area contributed by atoms with E-state index < -0.39 is 10.9 Å². The first-order chi connectivity index (χ1) is 17.3. The van der Waals surface area contributed by atoms with Crippen molar-refractivity contribution in [1.29, 1.82) is 0 Å². The van der Waals surface area contributed by atoms with Crippen molar-refractivity contribution in [2.45, 2.75) is 6.92 Å². The molecule has 10 heteroatoms. The molecule has 0 radical (unpaired) electrons. The van der Waals surface area contributed by atoms with Crippen molar-refractivity contribution in [3.63, 3.8) is 0 Å². The number of methoxy groups -OCH3 is 3. The van der Waals surface area contributed by atoms with Crippen molar-refractivity contribution < 1.29 is 38.2 Å². The molecule has 10 nitrogen and oxygen atoms in total. The Bertz CT molecular complexity index is 1380. The van der Waals surface area contributed by atoms with Gasteiger partial charge in [-0.25, -0.2) is 4.79 Å². The molecule has 0 amide bonds. The number of carbonyl (C=O) groups excluding carboxylic acids is 2. The molecule has 0 bridgehead atoms. The summed E-state index contributed by atoms with van der Waals surface area (Å²) < 4.78 is 27.2. The van der Waals surface area contributed by atoms with Crippen molar-refractivity contribution in [3.8, 4) is 28.7 Å². The van der Waals surface area contributed by atoms with Gasteiger partial charge in [0.05, 0.1) is 37.4 Å². The van der Waals surface area contributed by atoms with Gasteiger partial charge in [0.2, 0.25) is 11.5 Å². The van der Waals surface area contributed by atoms with Crippen LogP contribution in [0, 0.1) is 17.0 Å². The lowest BCUT2D eigenvalue weighted by molar-refractivity contribution is -0.384. The fourth-order valence-corrected chi connectivity index (χ4v) is 3.68. The molecule has 1 aliphatic rings. The van der Waals surface area contributed by atoms with Gasteiger partial charge in [-0.1, -0.05) is 0 Å². The SMILES string of the molecule is COc1cc(C(=O)Oc2ccc3c(c2C)O/C(=C\c2ccc([N+](=O)[O-])cc2)C3=O)cc(OC)c1OC. The highest BCUT2D eigenvalue weighted by atomic mass is 16.6. The summed E-state index contributed by atoms with van der Waals surface area (Å²) in [6.45, 7) is 1.67. The van der Waals surface area contributed by atoms with Gasteiger partial charge in [-0.15, -0.1) is 0 Å². The Balaban J connectivity index is 1.60. The number of hydrogen-bond donors (Lipinski definition) is 0. The van der Waals surface area contributed by atoms with Gasteiger partial charge in [0.15, 0.2) is 17.3 Å². The van der Waals surface area contributed by atoms with Gasteiger partial charge in [-0.05, 0) is 55.0 Å². The number of esters is 1. The Hall–Kier alpha value is -4.86. The average Bonchev–Trinajstić information content (AvgIpc) is 3.20. The normalized spacial score (nSPS) is 13.1. The molecule has 0 N–H and O–H groups in total. The fourth-order valence-electron chi connectivity index (χ4n) is 3.68. The number of nitro groups is 1. The molecule has 0 atom stereocenters. The zero-order valence-corrected chi connectivity index (χ0v) is 19.8. The molecular weight excluding hydrogens is 470 g/mol. The van der Waals surface area contributed by atoms with E-state index in [0.717, 1.165) is 0 Å². The van der Waals surface area contributed by atoms with Crippen LogP contribution in [0.2, 0.25) is 0 Å². The van der Waals surface area contributed by atoms with Crippen LogP contribution in [0.15, 0.2) is 54.3 Å². The highest BCUT2D eigenvalue weighted by molar-refractivity contribution is 6.15. The maximum atomic E-state index is 12.9. The number of allylic oxidation sites excluding steroid dienone is 1. The van der Waals surface area contributed by atoms with Crippen LogP contribution in [0.1, 0.15) is 31.8 Å². The van der Waals surface area contributed by atoms with Crippen LogP contribution in [0.5, 0.6) is 28.7 Å². The molecule has 0 aliphatic carbocycles. The first-order valence-electron chi connectivity index (χ1n) is 10.6. The van der Waals surface area contributed by atoms with Crippen LogP contribution in [0.3, 0.4) is 0 Å². The van der Waals surface area contributed by atoms with Gasteiger partial charge in [-0.3, -0.25) is 14.9 Å². The molecule has 0 unspecified atom stereocenters. The monoisotopic (exact) mass is 491 g/mol. The Morgan fingerprint density at radius 1 is 0.944 bits per heavy atom. The van der Waals surface area contributed by atoms with E-state index in [1.165, 1.54) is 75.9 Å². The predicted octanol–water partition coefficient (Wildman–Crippen LogP) is 4.76. The third-order valence-corrected chi connectivity index (χ3v) is 5.54. The highest BCUT2D eigenvalue weighted by Crippen LogP contribution is 2.41. The number of nitrogens with zero attached hydrogens (tertiary/aromatic N) is 1. The quantitative estimate of drug-likeness (QED) is 0.151. The molecule has 0 spiro atoms.